The average molecular weight is 290 g/mol. The van der Waals surface area contributed by atoms with Gasteiger partial charge in [0.05, 0.1) is 11.3 Å². The normalized spacial score (nSPS) is 18.6. The highest BCUT2D eigenvalue weighted by molar-refractivity contribution is 6.65. The van der Waals surface area contributed by atoms with Gasteiger partial charge in [-0.05, 0) is 19.9 Å². The Morgan fingerprint density at radius 3 is 2.37 bits per heavy atom. The zero-order valence-corrected chi connectivity index (χ0v) is 11.1. The van der Waals surface area contributed by atoms with Crippen molar-refractivity contribution >= 4 is 24.2 Å². The Morgan fingerprint density at radius 2 is 1.95 bits per heavy atom. The summed E-state index contributed by atoms with van der Waals surface area (Å²) in [5.74, 6) is 0.411. The van der Waals surface area contributed by atoms with Crippen LogP contribution in [0.4, 0.5) is 13.2 Å². The first-order valence-electron chi connectivity index (χ1n) is 5.52. The Kier molecular flexibility index (Phi) is 3.35. The molecule has 0 radical (unpaired) electrons. The summed E-state index contributed by atoms with van der Waals surface area (Å²) in [6.07, 6.45) is -4.43. The van der Waals surface area contributed by atoms with Crippen molar-refractivity contribution in [1.82, 2.24) is 0 Å². The lowest BCUT2D eigenvalue weighted by molar-refractivity contribution is -0.137. The Morgan fingerprint density at radius 1 is 1.32 bits per heavy atom. The van der Waals surface area contributed by atoms with E-state index in [0.29, 0.717) is 11.2 Å². The van der Waals surface area contributed by atoms with Crippen molar-refractivity contribution in [2.24, 2.45) is 0 Å². The van der Waals surface area contributed by atoms with E-state index in [9.17, 15) is 13.2 Å². The highest BCUT2D eigenvalue weighted by atomic mass is 35.5. The molecule has 0 amide bonds. The smallest absolute Gasteiger partial charge is 0.534 e. The number of hydrogen-bond donors (Lipinski definition) is 0. The van der Waals surface area contributed by atoms with Gasteiger partial charge in [0.2, 0.25) is 0 Å². The highest BCUT2D eigenvalue weighted by Gasteiger charge is 2.44. The Bertz CT molecular complexity index is 528. The molecule has 1 aliphatic heterocycles. The van der Waals surface area contributed by atoms with Gasteiger partial charge < -0.3 is 9.31 Å². The Hall–Kier alpha value is -1.14. The van der Waals surface area contributed by atoms with E-state index in [1.54, 1.807) is 13.8 Å². The molecule has 2 nitrogen and oxygen atoms in total. The molecule has 0 saturated carbocycles. The maximum Gasteiger partial charge on any atom is 0.564 e. The molecule has 1 aliphatic rings. The molecule has 1 heterocycles. The van der Waals surface area contributed by atoms with Crippen LogP contribution in [0.2, 0.25) is 5.02 Å². The second-order valence-corrected chi connectivity index (χ2v) is 5.14. The molecule has 1 aromatic rings. The zero-order chi connectivity index (χ0) is 14.4. The number of halogens is 4. The summed E-state index contributed by atoms with van der Waals surface area (Å²) in [5.41, 5.74) is -1.16. The van der Waals surface area contributed by atoms with E-state index in [0.717, 1.165) is 12.1 Å². The number of rotatable bonds is 1. The fourth-order valence-electron chi connectivity index (χ4n) is 1.65. The third kappa shape index (κ3) is 2.74. The zero-order valence-electron chi connectivity index (χ0n) is 10.3. The number of alkyl halides is 3. The van der Waals surface area contributed by atoms with Crippen molar-refractivity contribution in [2.75, 3.05) is 0 Å². The lowest BCUT2D eigenvalue weighted by Crippen LogP contribution is -2.35. The molecule has 1 saturated heterocycles. The summed E-state index contributed by atoms with van der Waals surface area (Å²) in [7, 11) is -0.836. The Balaban J connectivity index is 2.31. The van der Waals surface area contributed by atoms with Gasteiger partial charge in [0, 0.05) is 10.5 Å². The molecule has 7 heteroatoms. The molecule has 0 N–H and O–H groups in total. The molecule has 0 unspecified atom stereocenters. The molecule has 0 atom stereocenters. The molecule has 0 aliphatic carbocycles. The number of hydrogen-bond acceptors (Lipinski definition) is 2. The van der Waals surface area contributed by atoms with E-state index in [4.69, 9.17) is 20.9 Å². The quantitative estimate of drug-likeness (QED) is 0.738. The first-order valence-corrected chi connectivity index (χ1v) is 5.89. The van der Waals surface area contributed by atoms with Crippen LogP contribution >= 0.6 is 11.6 Å². The van der Waals surface area contributed by atoms with Crippen molar-refractivity contribution in [3.8, 4) is 0 Å². The third-order valence-corrected chi connectivity index (χ3v) is 3.23. The first-order chi connectivity index (χ1) is 8.61. The van der Waals surface area contributed by atoms with E-state index in [1.165, 1.54) is 6.07 Å². The molecule has 1 fully saturated rings. The molecular weight excluding hydrogens is 279 g/mol. The molecule has 1 aromatic carbocycles. The van der Waals surface area contributed by atoms with Gasteiger partial charge >= 0.3 is 13.3 Å². The Labute approximate surface area is 114 Å². The van der Waals surface area contributed by atoms with Crippen LogP contribution in [0.1, 0.15) is 19.4 Å². The molecule has 0 bridgehead atoms. The summed E-state index contributed by atoms with van der Waals surface area (Å²) in [5, 5.41) is -0.0506. The molecule has 2 rings (SSSR count). The maximum atomic E-state index is 12.5. The van der Waals surface area contributed by atoms with Crippen LogP contribution in [-0.4, -0.2) is 12.7 Å². The summed E-state index contributed by atoms with van der Waals surface area (Å²) in [6, 6.07) is 3.06. The van der Waals surface area contributed by atoms with Crippen molar-refractivity contribution in [3.63, 3.8) is 0 Å². The molecule has 0 spiro atoms. The maximum absolute atomic E-state index is 12.5. The lowest BCUT2D eigenvalue weighted by atomic mass is 9.78. The van der Waals surface area contributed by atoms with Crippen molar-refractivity contribution in [1.29, 1.82) is 0 Å². The van der Waals surface area contributed by atoms with Gasteiger partial charge in [-0.25, -0.2) is 0 Å². The molecular formula is C12H11BClF3O2. The first kappa shape index (κ1) is 14.3. The van der Waals surface area contributed by atoms with Crippen LogP contribution in [0.3, 0.4) is 0 Å². The van der Waals surface area contributed by atoms with Gasteiger partial charge in [-0.2, -0.15) is 13.2 Å². The fourth-order valence-corrected chi connectivity index (χ4v) is 1.92. The summed E-state index contributed by atoms with van der Waals surface area (Å²) < 4.78 is 48.5. The minimum absolute atomic E-state index is 0.0506. The SMILES string of the molecule is C=C1OB(c2ccc(C(F)(F)F)cc2Cl)OC1(C)C. The highest BCUT2D eigenvalue weighted by Crippen LogP contribution is 2.33. The molecule has 0 aromatic heterocycles. The van der Waals surface area contributed by atoms with Crippen LogP contribution in [-0.2, 0) is 15.5 Å². The van der Waals surface area contributed by atoms with E-state index in [1.807, 2.05) is 0 Å². The van der Waals surface area contributed by atoms with Crippen molar-refractivity contribution < 1.29 is 22.5 Å². The second-order valence-electron chi connectivity index (χ2n) is 4.74. The summed E-state index contributed by atoms with van der Waals surface area (Å²) in [6.45, 7) is 7.21. The lowest BCUT2D eigenvalue weighted by Gasteiger charge is -2.15. The van der Waals surface area contributed by atoms with Crippen LogP contribution < -0.4 is 5.46 Å². The van der Waals surface area contributed by atoms with Crippen LogP contribution in [0, 0.1) is 0 Å². The predicted octanol–water partition coefficient (Wildman–Crippen LogP) is 3.39. The van der Waals surface area contributed by atoms with Gasteiger partial charge in [0.1, 0.15) is 5.60 Å². The van der Waals surface area contributed by atoms with Crippen molar-refractivity contribution in [3.05, 3.63) is 41.1 Å². The summed E-state index contributed by atoms with van der Waals surface area (Å²) in [4.78, 5) is 0. The van der Waals surface area contributed by atoms with E-state index in [2.05, 4.69) is 6.58 Å². The van der Waals surface area contributed by atoms with E-state index in [-0.39, 0.29) is 5.02 Å². The summed E-state index contributed by atoms with van der Waals surface area (Å²) >= 11 is 5.87. The van der Waals surface area contributed by atoms with E-state index >= 15 is 0 Å². The topological polar surface area (TPSA) is 18.5 Å². The number of benzene rings is 1. The van der Waals surface area contributed by atoms with Gasteiger partial charge in [0.25, 0.3) is 0 Å². The molecule has 102 valence electrons. The van der Waals surface area contributed by atoms with Crippen LogP contribution in [0.25, 0.3) is 0 Å². The molecule has 19 heavy (non-hydrogen) atoms. The van der Waals surface area contributed by atoms with Crippen molar-refractivity contribution in [2.45, 2.75) is 25.6 Å². The van der Waals surface area contributed by atoms with Crippen LogP contribution in [0.5, 0.6) is 0 Å². The second kappa shape index (κ2) is 4.46. The standard InChI is InChI=1S/C12H11BClF3O2/c1-7-11(2,3)19-13(18-7)9-5-4-8(6-10(9)14)12(15,16)17/h4-6H,1H2,2-3H3. The predicted molar refractivity (Wildman–Crippen MR) is 67.2 cm³/mol. The minimum atomic E-state index is -4.43. The van der Waals surface area contributed by atoms with E-state index < -0.39 is 24.5 Å². The van der Waals surface area contributed by atoms with Gasteiger partial charge in [-0.3, -0.25) is 0 Å². The van der Waals surface area contributed by atoms with Gasteiger partial charge in [-0.15, -0.1) is 0 Å². The third-order valence-electron chi connectivity index (χ3n) is 2.90. The fraction of sp³-hybridized carbons (Fsp3) is 0.333. The van der Waals surface area contributed by atoms with Crippen LogP contribution in [0.15, 0.2) is 30.5 Å². The average Bonchev–Trinajstić information content (AvgIpc) is 2.51. The van der Waals surface area contributed by atoms with Gasteiger partial charge in [0.15, 0.2) is 0 Å². The van der Waals surface area contributed by atoms with Gasteiger partial charge in [-0.1, -0.05) is 30.3 Å². The largest absolute Gasteiger partial charge is 0.564 e. The minimum Gasteiger partial charge on any atom is -0.534 e. The monoisotopic (exact) mass is 290 g/mol.